The van der Waals surface area contributed by atoms with Gasteiger partial charge in [0.05, 0.1) is 11.3 Å². The molecule has 1 amide bonds. The molecule has 2 unspecified atom stereocenters. The molecule has 0 aromatic rings. The first-order chi connectivity index (χ1) is 11.7. The third kappa shape index (κ3) is 4.23. The Morgan fingerprint density at radius 3 is 2.64 bits per heavy atom. The summed E-state index contributed by atoms with van der Waals surface area (Å²) in [5.74, 6) is -0.147. The maximum absolute atomic E-state index is 12.5. The van der Waals surface area contributed by atoms with Gasteiger partial charge >= 0.3 is 5.97 Å². The van der Waals surface area contributed by atoms with Crippen molar-refractivity contribution in [3.05, 3.63) is 35.6 Å². The first-order valence-electron chi connectivity index (χ1n) is 9.35. The fourth-order valence-corrected chi connectivity index (χ4v) is 3.31. The van der Waals surface area contributed by atoms with Crippen LogP contribution >= 0.6 is 0 Å². The minimum absolute atomic E-state index is 0.0113. The van der Waals surface area contributed by atoms with E-state index < -0.39 is 10.8 Å². The van der Waals surface area contributed by atoms with E-state index in [-0.39, 0.29) is 17.8 Å². The second-order valence-corrected chi connectivity index (χ2v) is 7.95. The van der Waals surface area contributed by atoms with Crippen LogP contribution in [0.4, 0.5) is 0 Å². The van der Waals surface area contributed by atoms with Crippen LogP contribution in [0, 0.1) is 16.7 Å². The Morgan fingerprint density at radius 1 is 1.28 bits per heavy atom. The maximum Gasteiger partial charge on any atom is 0.308 e. The third-order valence-electron chi connectivity index (χ3n) is 5.22. The van der Waals surface area contributed by atoms with Crippen LogP contribution in [0.15, 0.2) is 35.6 Å². The molecule has 0 spiro atoms. The van der Waals surface area contributed by atoms with Crippen LogP contribution in [0.25, 0.3) is 0 Å². The number of unbranched alkanes of at least 4 members (excludes halogenated alkanes) is 1. The Labute approximate surface area is 151 Å². The molecule has 1 heterocycles. The second kappa shape index (κ2) is 7.59. The molecule has 0 radical (unpaired) electrons. The highest BCUT2D eigenvalue weighted by Crippen LogP contribution is 2.42. The number of carbonyl (C=O) groups is 2. The summed E-state index contributed by atoms with van der Waals surface area (Å²) in [6.07, 6.45) is 11.7. The van der Waals surface area contributed by atoms with Crippen molar-refractivity contribution in [2.45, 2.75) is 60.3 Å². The van der Waals surface area contributed by atoms with E-state index in [4.69, 9.17) is 4.74 Å². The first-order valence-corrected chi connectivity index (χ1v) is 9.35. The molecule has 1 aliphatic heterocycles. The summed E-state index contributed by atoms with van der Waals surface area (Å²) in [5.41, 5.74) is 0.835. The van der Waals surface area contributed by atoms with Crippen LogP contribution in [0.5, 0.6) is 0 Å². The summed E-state index contributed by atoms with van der Waals surface area (Å²) in [4.78, 5) is 24.6. The van der Waals surface area contributed by atoms with E-state index in [9.17, 15) is 9.59 Å². The first kappa shape index (κ1) is 19.5. The average Bonchev–Trinajstić information content (AvgIpc) is 2.56. The fourth-order valence-electron chi connectivity index (χ4n) is 3.31. The average molecular weight is 345 g/mol. The minimum Gasteiger partial charge on any atom is -0.464 e. The van der Waals surface area contributed by atoms with E-state index in [1.165, 1.54) is 0 Å². The molecule has 0 aromatic carbocycles. The molecule has 2 aliphatic rings. The molecule has 0 fully saturated rings. The number of esters is 1. The Balaban J connectivity index is 2.13. The molecule has 1 aliphatic carbocycles. The summed E-state index contributed by atoms with van der Waals surface area (Å²) in [5, 5.41) is 2.98. The predicted octanol–water partition coefficient (Wildman–Crippen LogP) is 4.29. The van der Waals surface area contributed by atoms with Crippen molar-refractivity contribution in [3.63, 3.8) is 0 Å². The highest BCUT2D eigenvalue weighted by molar-refractivity contribution is 5.88. The highest BCUT2D eigenvalue weighted by Gasteiger charge is 2.40. The standard InChI is InChI=1S/C21H31NO3/c1-6-8-10-15(7-2)18(23)25-14-21(5)12-9-11-17-16(21)13-20(3,4)19(24)22-17/h9,11-13,15H,6-8,10,14H2,1-5H3,(H,22,24). The predicted molar refractivity (Wildman–Crippen MR) is 99.6 cm³/mol. The summed E-state index contributed by atoms with van der Waals surface area (Å²) >= 11 is 0. The van der Waals surface area contributed by atoms with Gasteiger partial charge in [0, 0.05) is 11.1 Å². The highest BCUT2D eigenvalue weighted by atomic mass is 16.5. The molecule has 0 saturated carbocycles. The molecule has 4 nitrogen and oxygen atoms in total. The lowest BCUT2D eigenvalue weighted by Crippen LogP contribution is -2.44. The van der Waals surface area contributed by atoms with E-state index in [2.05, 4.69) is 25.2 Å². The number of hydrogen-bond donors (Lipinski definition) is 1. The molecular formula is C21H31NO3. The minimum atomic E-state index is -0.573. The Kier molecular flexibility index (Phi) is 5.91. The van der Waals surface area contributed by atoms with Gasteiger partial charge in [-0.25, -0.2) is 0 Å². The zero-order chi connectivity index (χ0) is 18.7. The lowest BCUT2D eigenvalue weighted by molar-refractivity contribution is -0.151. The van der Waals surface area contributed by atoms with E-state index in [1.54, 1.807) is 0 Å². The van der Waals surface area contributed by atoms with Crippen LogP contribution in [0.2, 0.25) is 0 Å². The largest absolute Gasteiger partial charge is 0.464 e. The number of amides is 1. The smallest absolute Gasteiger partial charge is 0.308 e. The van der Waals surface area contributed by atoms with Gasteiger partial charge in [-0.1, -0.05) is 44.9 Å². The van der Waals surface area contributed by atoms with Crippen LogP contribution in [-0.4, -0.2) is 18.5 Å². The number of fused-ring (bicyclic) bond motifs is 1. The number of allylic oxidation sites excluding steroid dienone is 3. The molecule has 4 heteroatoms. The van der Waals surface area contributed by atoms with Crippen LogP contribution < -0.4 is 5.32 Å². The van der Waals surface area contributed by atoms with Gasteiger partial charge in [0.15, 0.2) is 0 Å². The van der Waals surface area contributed by atoms with Crippen LogP contribution in [0.1, 0.15) is 60.3 Å². The molecule has 0 bridgehead atoms. The van der Waals surface area contributed by atoms with Gasteiger partial charge in [-0.15, -0.1) is 0 Å². The van der Waals surface area contributed by atoms with E-state index in [1.807, 2.05) is 39.0 Å². The van der Waals surface area contributed by atoms with Gasteiger partial charge in [0.2, 0.25) is 5.91 Å². The maximum atomic E-state index is 12.5. The molecule has 2 rings (SSSR count). The lowest BCUT2D eigenvalue weighted by atomic mass is 9.72. The third-order valence-corrected chi connectivity index (χ3v) is 5.22. The van der Waals surface area contributed by atoms with Crippen molar-refractivity contribution in [2.24, 2.45) is 16.7 Å². The molecule has 2 atom stereocenters. The summed E-state index contributed by atoms with van der Waals surface area (Å²) in [7, 11) is 0. The van der Waals surface area contributed by atoms with Gasteiger partial charge in [-0.05, 0) is 45.3 Å². The van der Waals surface area contributed by atoms with Crippen molar-refractivity contribution in [1.82, 2.24) is 5.32 Å². The number of nitrogens with one attached hydrogen (secondary N) is 1. The van der Waals surface area contributed by atoms with Gasteiger partial charge in [-0.3, -0.25) is 9.59 Å². The topological polar surface area (TPSA) is 55.4 Å². The fraction of sp³-hybridized carbons (Fsp3) is 0.619. The Bertz CT molecular complexity index is 627. The lowest BCUT2D eigenvalue weighted by Gasteiger charge is -2.39. The molecular weight excluding hydrogens is 314 g/mol. The van der Waals surface area contributed by atoms with E-state index in [0.717, 1.165) is 37.0 Å². The van der Waals surface area contributed by atoms with Crippen molar-refractivity contribution >= 4 is 11.9 Å². The van der Waals surface area contributed by atoms with E-state index in [0.29, 0.717) is 6.61 Å². The molecule has 25 heavy (non-hydrogen) atoms. The summed E-state index contributed by atoms with van der Waals surface area (Å²) < 4.78 is 5.71. The normalized spacial score (nSPS) is 25.4. The van der Waals surface area contributed by atoms with Gasteiger partial charge in [0.25, 0.3) is 0 Å². The van der Waals surface area contributed by atoms with Crippen LogP contribution in [-0.2, 0) is 14.3 Å². The SMILES string of the molecule is CCCCC(CC)C(=O)OCC1(C)C=CC=C2NC(=O)C(C)(C)C=C21. The van der Waals surface area contributed by atoms with E-state index >= 15 is 0 Å². The summed E-state index contributed by atoms with van der Waals surface area (Å²) in [6.45, 7) is 10.3. The quantitative estimate of drug-likeness (QED) is 0.700. The number of carbonyl (C=O) groups excluding carboxylic acids is 2. The molecule has 0 saturated heterocycles. The van der Waals surface area contributed by atoms with Gasteiger partial charge in [-0.2, -0.15) is 0 Å². The van der Waals surface area contributed by atoms with Crippen molar-refractivity contribution in [3.8, 4) is 0 Å². The van der Waals surface area contributed by atoms with Gasteiger partial charge in [0.1, 0.15) is 6.61 Å². The molecule has 0 aromatic heterocycles. The number of hydrogen-bond acceptors (Lipinski definition) is 3. The molecule has 138 valence electrons. The number of rotatable bonds is 7. The number of ether oxygens (including phenoxy) is 1. The monoisotopic (exact) mass is 345 g/mol. The zero-order valence-electron chi connectivity index (χ0n) is 16.1. The van der Waals surface area contributed by atoms with Gasteiger partial charge < -0.3 is 10.1 Å². The van der Waals surface area contributed by atoms with Crippen molar-refractivity contribution in [2.75, 3.05) is 6.61 Å². The van der Waals surface area contributed by atoms with Crippen molar-refractivity contribution in [1.29, 1.82) is 0 Å². The zero-order valence-corrected chi connectivity index (χ0v) is 16.1. The Morgan fingerprint density at radius 2 is 2.00 bits per heavy atom. The second-order valence-electron chi connectivity index (χ2n) is 7.95. The Hall–Kier alpha value is -1.84. The summed E-state index contributed by atoms with van der Waals surface area (Å²) in [6, 6.07) is 0. The van der Waals surface area contributed by atoms with Crippen molar-refractivity contribution < 1.29 is 14.3 Å². The molecule has 1 N–H and O–H groups in total. The van der Waals surface area contributed by atoms with Crippen LogP contribution in [0.3, 0.4) is 0 Å².